The lowest BCUT2D eigenvalue weighted by Gasteiger charge is -2.25. The molecule has 0 amide bonds. The van der Waals surface area contributed by atoms with Gasteiger partial charge in [-0.1, -0.05) is 78.4 Å². The highest BCUT2D eigenvalue weighted by molar-refractivity contribution is 7.92. The molecule has 0 aliphatic rings. The van der Waals surface area contributed by atoms with E-state index < -0.39 is 15.9 Å². The number of rotatable bonds is 7. The van der Waals surface area contributed by atoms with Gasteiger partial charge in [0.1, 0.15) is 0 Å². The Hall–Kier alpha value is -3.36. The van der Waals surface area contributed by atoms with Crippen molar-refractivity contribution in [3.63, 3.8) is 0 Å². The first-order chi connectivity index (χ1) is 14.0. The minimum absolute atomic E-state index is 0.0278. The predicted octanol–water partition coefficient (Wildman–Crippen LogP) is 5.04. The lowest BCUT2D eigenvalue weighted by atomic mass is 10.1. The largest absolute Gasteiger partial charge is 0.265 e. The van der Waals surface area contributed by atoms with Gasteiger partial charge in [0.05, 0.1) is 29.1 Å². The fourth-order valence-corrected chi connectivity index (χ4v) is 4.38. The molecular weight excluding hydrogens is 380 g/mol. The molecule has 4 nitrogen and oxygen atoms in total. The van der Waals surface area contributed by atoms with Gasteiger partial charge in [-0.3, -0.25) is 4.31 Å². The van der Waals surface area contributed by atoms with Gasteiger partial charge >= 0.3 is 0 Å². The number of anilines is 1. The van der Waals surface area contributed by atoms with Crippen LogP contribution in [0.2, 0.25) is 0 Å². The molecule has 29 heavy (non-hydrogen) atoms. The van der Waals surface area contributed by atoms with Crippen molar-refractivity contribution in [3.8, 4) is 6.07 Å². The third-order valence-corrected chi connectivity index (χ3v) is 6.31. The van der Waals surface area contributed by atoms with Crippen LogP contribution < -0.4 is 4.31 Å². The van der Waals surface area contributed by atoms with Gasteiger partial charge in [0.25, 0.3) is 10.0 Å². The molecule has 0 spiro atoms. The van der Waals surface area contributed by atoms with Gasteiger partial charge in [0.15, 0.2) is 0 Å². The van der Waals surface area contributed by atoms with E-state index in [0.717, 1.165) is 11.1 Å². The van der Waals surface area contributed by atoms with Gasteiger partial charge in [-0.25, -0.2) is 8.42 Å². The quantitative estimate of drug-likeness (QED) is 0.556. The van der Waals surface area contributed by atoms with Crippen LogP contribution in [0.1, 0.15) is 11.1 Å². The van der Waals surface area contributed by atoms with E-state index in [4.69, 9.17) is 0 Å². The Morgan fingerprint density at radius 2 is 1.52 bits per heavy atom. The molecule has 0 fully saturated rings. The van der Waals surface area contributed by atoms with Crippen LogP contribution >= 0.6 is 0 Å². The van der Waals surface area contributed by atoms with Crippen molar-refractivity contribution in [3.05, 3.63) is 102 Å². The number of sulfonamides is 1. The summed E-state index contributed by atoms with van der Waals surface area (Å²) < 4.78 is 28.0. The second-order valence-electron chi connectivity index (χ2n) is 6.69. The maximum atomic E-state index is 13.4. The fourth-order valence-electron chi connectivity index (χ4n) is 2.89. The van der Waals surface area contributed by atoms with Crippen molar-refractivity contribution < 1.29 is 8.42 Å². The van der Waals surface area contributed by atoms with Crippen LogP contribution in [-0.4, -0.2) is 15.0 Å². The minimum Gasteiger partial charge on any atom is -0.265 e. The number of hydrogen-bond acceptors (Lipinski definition) is 3. The lowest BCUT2D eigenvalue weighted by Crippen LogP contribution is -2.34. The van der Waals surface area contributed by atoms with Gasteiger partial charge in [-0.2, -0.15) is 5.26 Å². The summed E-state index contributed by atoms with van der Waals surface area (Å²) >= 11 is 0. The zero-order chi connectivity index (χ0) is 20.7. The zero-order valence-electron chi connectivity index (χ0n) is 16.1. The van der Waals surface area contributed by atoms with Crippen LogP contribution in [0.5, 0.6) is 0 Å². The number of nitriles is 1. The maximum absolute atomic E-state index is 13.4. The summed E-state index contributed by atoms with van der Waals surface area (Å²) in [5, 5.41) is 9.65. The van der Waals surface area contributed by atoms with Crippen molar-refractivity contribution in [1.29, 1.82) is 5.26 Å². The maximum Gasteiger partial charge on any atom is 0.264 e. The lowest BCUT2D eigenvalue weighted by molar-refractivity contribution is 0.588. The van der Waals surface area contributed by atoms with Gasteiger partial charge in [-0.05, 0) is 36.8 Å². The molecule has 3 rings (SSSR count). The van der Waals surface area contributed by atoms with E-state index in [2.05, 4.69) is 6.07 Å². The summed E-state index contributed by atoms with van der Waals surface area (Å²) in [7, 11) is -3.81. The molecule has 0 heterocycles. The molecule has 0 bridgehead atoms. The van der Waals surface area contributed by atoms with Crippen molar-refractivity contribution in [2.45, 2.75) is 11.8 Å². The summed E-state index contributed by atoms with van der Waals surface area (Å²) in [5.41, 5.74) is 2.47. The third kappa shape index (κ3) is 5.13. The van der Waals surface area contributed by atoms with Crippen LogP contribution in [0.15, 0.2) is 95.9 Å². The summed E-state index contributed by atoms with van der Waals surface area (Å²) in [4.78, 5) is 0.204. The molecule has 0 aliphatic heterocycles. The number of hydrogen-bond donors (Lipinski definition) is 0. The molecule has 0 saturated heterocycles. The van der Waals surface area contributed by atoms with Gasteiger partial charge in [0.2, 0.25) is 0 Å². The summed E-state index contributed by atoms with van der Waals surface area (Å²) in [6, 6.07) is 27.4. The second kappa shape index (κ2) is 9.22. The van der Waals surface area contributed by atoms with Crippen LogP contribution in [0.3, 0.4) is 0 Å². The van der Waals surface area contributed by atoms with E-state index in [1.165, 1.54) is 4.31 Å². The average molecular weight is 403 g/mol. The molecule has 3 aromatic carbocycles. The summed E-state index contributed by atoms with van der Waals surface area (Å²) in [6.07, 6.45) is 3.59. The van der Waals surface area contributed by atoms with E-state index in [0.29, 0.717) is 5.69 Å². The molecule has 1 unspecified atom stereocenters. The van der Waals surface area contributed by atoms with Gasteiger partial charge < -0.3 is 0 Å². The van der Waals surface area contributed by atoms with Crippen LogP contribution in [-0.2, 0) is 10.0 Å². The molecule has 0 N–H and O–H groups in total. The molecule has 0 aliphatic carbocycles. The van der Waals surface area contributed by atoms with Crippen molar-refractivity contribution in [2.24, 2.45) is 5.92 Å². The summed E-state index contributed by atoms with van der Waals surface area (Å²) in [6.45, 7) is 1.94. The first kappa shape index (κ1) is 20.4. The Morgan fingerprint density at radius 3 is 2.10 bits per heavy atom. The normalized spacial score (nSPS) is 12.4. The topological polar surface area (TPSA) is 61.2 Å². The Balaban J connectivity index is 1.94. The monoisotopic (exact) mass is 402 g/mol. The Labute approximate surface area is 172 Å². The van der Waals surface area contributed by atoms with Crippen LogP contribution in [0.25, 0.3) is 6.08 Å². The molecule has 5 heteroatoms. The minimum atomic E-state index is -3.81. The van der Waals surface area contributed by atoms with Crippen LogP contribution in [0.4, 0.5) is 5.69 Å². The highest BCUT2D eigenvalue weighted by Gasteiger charge is 2.27. The molecule has 1 atom stereocenters. The number of para-hydroxylation sites is 1. The highest BCUT2D eigenvalue weighted by atomic mass is 32.2. The number of nitrogens with zero attached hydrogens (tertiary/aromatic N) is 2. The Kier molecular flexibility index (Phi) is 6.48. The van der Waals surface area contributed by atoms with Crippen molar-refractivity contribution in [1.82, 2.24) is 0 Å². The SMILES string of the molecule is Cc1ccc(S(=O)(=O)N(CC(C#N)/C=C/c2ccccc2)c2ccccc2)cc1. The van der Waals surface area contributed by atoms with E-state index in [1.54, 1.807) is 54.6 Å². The molecule has 0 aromatic heterocycles. The van der Waals surface area contributed by atoms with E-state index in [-0.39, 0.29) is 11.4 Å². The van der Waals surface area contributed by atoms with Crippen molar-refractivity contribution in [2.75, 3.05) is 10.8 Å². The van der Waals surface area contributed by atoms with Crippen molar-refractivity contribution >= 4 is 21.8 Å². The van der Waals surface area contributed by atoms with Gasteiger partial charge in [-0.15, -0.1) is 0 Å². The number of aryl methyl sites for hydroxylation is 1. The van der Waals surface area contributed by atoms with E-state index in [1.807, 2.05) is 49.4 Å². The van der Waals surface area contributed by atoms with Gasteiger partial charge in [0, 0.05) is 0 Å². The molecule has 0 radical (unpaired) electrons. The Morgan fingerprint density at radius 1 is 0.931 bits per heavy atom. The van der Waals surface area contributed by atoms with E-state index in [9.17, 15) is 13.7 Å². The first-order valence-electron chi connectivity index (χ1n) is 9.28. The fraction of sp³-hybridized carbons (Fsp3) is 0.125. The molecular formula is C24H22N2O2S. The molecule has 146 valence electrons. The molecule has 0 saturated carbocycles. The number of benzene rings is 3. The van der Waals surface area contributed by atoms with E-state index >= 15 is 0 Å². The predicted molar refractivity (Wildman–Crippen MR) is 117 cm³/mol. The third-order valence-electron chi connectivity index (χ3n) is 4.50. The first-order valence-corrected chi connectivity index (χ1v) is 10.7. The highest BCUT2D eigenvalue weighted by Crippen LogP contribution is 2.25. The second-order valence-corrected chi connectivity index (χ2v) is 8.55. The Bertz CT molecular complexity index is 1100. The average Bonchev–Trinajstić information content (AvgIpc) is 2.75. The summed E-state index contributed by atoms with van der Waals surface area (Å²) in [5.74, 6) is -0.601. The smallest absolute Gasteiger partial charge is 0.264 e. The standard InChI is InChI=1S/C24H22N2O2S/c1-20-12-16-24(17-13-20)29(27,28)26(23-10-6-3-7-11-23)19-22(18-25)15-14-21-8-4-2-5-9-21/h2-17,22H,19H2,1H3/b15-14+. The van der Waals surface area contributed by atoms with Crippen LogP contribution in [0, 0.1) is 24.2 Å². The molecule has 3 aromatic rings. The zero-order valence-corrected chi connectivity index (χ0v) is 17.0.